The number of hydrogen-bond donors (Lipinski definition) is 2. The van der Waals surface area contributed by atoms with Crippen LogP contribution in [0.15, 0.2) is 59.4 Å². The molecule has 0 atom stereocenters. The van der Waals surface area contributed by atoms with Crippen molar-refractivity contribution in [1.82, 2.24) is 15.1 Å². The first-order valence-electron chi connectivity index (χ1n) is 9.01. The van der Waals surface area contributed by atoms with Crippen LogP contribution in [-0.4, -0.2) is 32.9 Å². The van der Waals surface area contributed by atoms with Gasteiger partial charge >= 0.3 is 0 Å². The molecule has 8 heteroatoms. The summed E-state index contributed by atoms with van der Waals surface area (Å²) in [5, 5.41) is 17.4. The van der Waals surface area contributed by atoms with Gasteiger partial charge in [0.25, 0.3) is 11.5 Å². The highest BCUT2D eigenvalue weighted by Crippen LogP contribution is 2.34. The molecule has 1 aromatic heterocycles. The zero-order valence-electron chi connectivity index (χ0n) is 15.2. The molecule has 148 valence electrons. The Balaban J connectivity index is 1.81. The fourth-order valence-corrected chi connectivity index (χ4v) is 2.99. The third-order valence-corrected chi connectivity index (χ3v) is 5.01. The molecule has 0 radical (unpaired) electrons. The fraction of sp³-hybridized carbons (Fsp3) is 0.190. The number of carbonyl (C=O) groups excluding carboxylic acids is 1. The molecule has 4 rings (SSSR count). The summed E-state index contributed by atoms with van der Waals surface area (Å²) >= 11 is 5.94. The van der Waals surface area contributed by atoms with Crippen molar-refractivity contribution in [3.63, 3.8) is 0 Å². The minimum atomic E-state index is -0.900. The number of carbonyl (C=O) groups is 1. The van der Waals surface area contributed by atoms with Crippen molar-refractivity contribution in [3.05, 3.63) is 81.4 Å². The Bertz CT molecular complexity index is 1140. The molecule has 3 aromatic rings. The maximum absolute atomic E-state index is 13.7. The summed E-state index contributed by atoms with van der Waals surface area (Å²) in [4.78, 5) is 25.6. The molecular formula is C21H17ClFN3O3. The Morgan fingerprint density at radius 1 is 1.21 bits per heavy atom. The molecule has 0 unspecified atom stereocenters. The second-order valence-corrected chi connectivity index (χ2v) is 7.49. The van der Waals surface area contributed by atoms with E-state index in [0.29, 0.717) is 29.1 Å². The fourth-order valence-electron chi connectivity index (χ4n) is 2.86. The second-order valence-electron chi connectivity index (χ2n) is 7.05. The Morgan fingerprint density at radius 2 is 1.93 bits per heavy atom. The van der Waals surface area contributed by atoms with Crippen LogP contribution in [0.1, 0.15) is 23.2 Å². The average Bonchev–Trinajstić information content (AvgIpc) is 3.45. The maximum Gasteiger partial charge on any atom is 0.284 e. The van der Waals surface area contributed by atoms with E-state index < -0.39 is 22.9 Å². The molecule has 2 aromatic carbocycles. The average molecular weight is 414 g/mol. The van der Waals surface area contributed by atoms with Crippen LogP contribution >= 0.6 is 11.6 Å². The molecule has 0 saturated heterocycles. The summed E-state index contributed by atoms with van der Waals surface area (Å²) in [5.41, 5.74) is -0.563. The lowest BCUT2D eigenvalue weighted by atomic mass is 10.1. The highest BCUT2D eigenvalue weighted by atomic mass is 35.5. The van der Waals surface area contributed by atoms with E-state index in [-0.39, 0.29) is 17.8 Å². The number of amides is 1. The Labute approximate surface area is 170 Å². The van der Waals surface area contributed by atoms with Gasteiger partial charge in [-0.2, -0.15) is 9.78 Å². The number of hydrogen-bond acceptors (Lipinski definition) is 4. The lowest BCUT2D eigenvalue weighted by molar-refractivity contribution is 0.0894. The molecule has 1 aliphatic rings. The zero-order chi connectivity index (χ0) is 20.6. The molecular weight excluding hydrogens is 397 g/mol. The van der Waals surface area contributed by atoms with Gasteiger partial charge in [-0.1, -0.05) is 29.8 Å². The van der Waals surface area contributed by atoms with Gasteiger partial charge in [-0.05, 0) is 49.2 Å². The smallest absolute Gasteiger partial charge is 0.284 e. The lowest BCUT2D eigenvalue weighted by Crippen LogP contribution is -2.38. The van der Waals surface area contributed by atoms with Gasteiger partial charge in [0, 0.05) is 17.1 Å². The normalized spacial score (nSPS) is 14.4. The van der Waals surface area contributed by atoms with E-state index in [9.17, 15) is 19.1 Å². The Hall–Kier alpha value is -3.03. The number of nitrogens with zero attached hydrogens (tertiary/aromatic N) is 2. The van der Waals surface area contributed by atoms with Gasteiger partial charge in [0.1, 0.15) is 11.4 Å². The number of benzene rings is 2. The van der Waals surface area contributed by atoms with E-state index >= 15 is 0 Å². The SMILES string of the molecule is O=C(NCC1(O)CC1)c1cc(-c2ccc(Cl)cc2)nn(-c2cccc(F)c2)c1=O. The summed E-state index contributed by atoms with van der Waals surface area (Å²) < 4.78 is 14.7. The lowest BCUT2D eigenvalue weighted by Gasteiger charge is -2.13. The largest absolute Gasteiger partial charge is 0.388 e. The van der Waals surface area contributed by atoms with Crippen LogP contribution in [-0.2, 0) is 0 Å². The number of rotatable bonds is 5. The van der Waals surface area contributed by atoms with Crippen LogP contribution in [0.25, 0.3) is 16.9 Å². The molecule has 1 aliphatic carbocycles. The molecule has 1 amide bonds. The maximum atomic E-state index is 13.7. The summed E-state index contributed by atoms with van der Waals surface area (Å²) in [6, 6.07) is 13.5. The molecule has 0 spiro atoms. The van der Waals surface area contributed by atoms with Crippen LogP contribution in [0.4, 0.5) is 4.39 Å². The van der Waals surface area contributed by atoms with Crippen molar-refractivity contribution in [1.29, 1.82) is 0 Å². The highest BCUT2D eigenvalue weighted by molar-refractivity contribution is 6.30. The van der Waals surface area contributed by atoms with Crippen molar-refractivity contribution in [2.24, 2.45) is 0 Å². The molecule has 29 heavy (non-hydrogen) atoms. The zero-order valence-corrected chi connectivity index (χ0v) is 16.0. The van der Waals surface area contributed by atoms with E-state index in [1.54, 1.807) is 24.3 Å². The van der Waals surface area contributed by atoms with E-state index in [1.165, 1.54) is 24.3 Å². The molecule has 0 aliphatic heterocycles. The van der Waals surface area contributed by atoms with E-state index in [0.717, 1.165) is 10.7 Å². The van der Waals surface area contributed by atoms with Crippen LogP contribution in [0.5, 0.6) is 0 Å². The van der Waals surface area contributed by atoms with Gasteiger partial charge < -0.3 is 10.4 Å². The second kappa shape index (κ2) is 7.42. The van der Waals surface area contributed by atoms with Gasteiger partial charge in [-0.15, -0.1) is 0 Å². The van der Waals surface area contributed by atoms with Gasteiger partial charge in [-0.25, -0.2) is 4.39 Å². The predicted molar refractivity (Wildman–Crippen MR) is 107 cm³/mol. The quantitative estimate of drug-likeness (QED) is 0.673. The summed E-state index contributed by atoms with van der Waals surface area (Å²) in [5.74, 6) is -1.16. The van der Waals surface area contributed by atoms with Crippen LogP contribution in [0.3, 0.4) is 0 Å². The number of halogens is 2. The van der Waals surface area contributed by atoms with Crippen LogP contribution in [0.2, 0.25) is 5.02 Å². The molecule has 6 nitrogen and oxygen atoms in total. The predicted octanol–water partition coefficient (Wildman–Crippen LogP) is 2.95. The van der Waals surface area contributed by atoms with Gasteiger partial charge in [0.15, 0.2) is 0 Å². The summed E-state index contributed by atoms with van der Waals surface area (Å²) in [7, 11) is 0. The van der Waals surface area contributed by atoms with E-state index in [2.05, 4.69) is 10.4 Å². The van der Waals surface area contributed by atoms with E-state index in [4.69, 9.17) is 11.6 Å². The topological polar surface area (TPSA) is 84.2 Å². The van der Waals surface area contributed by atoms with Crippen molar-refractivity contribution < 1.29 is 14.3 Å². The number of aromatic nitrogens is 2. The Kier molecular flexibility index (Phi) is 4.94. The highest BCUT2D eigenvalue weighted by Gasteiger charge is 2.40. The molecule has 1 saturated carbocycles. The molecule has 1 fully saturated rings. The third kappa shape index (κ3) is 4.21. The van der Waals surface area contributed by atoms with Gasteiger partial charge in [-0.3, -0.25) is 9.59 Å². The van der Waals surface area contributed by atoms with Gasteiger partial charge in [0.2, 0.25) is 0 Å². The minimum absolute atomic E-state index is 0.0594. The van der Waals surface area contributed by atoms with E-state index in [1.807, 2.05) is 0 Å². The Morgan fingerprint density at radius 3 is 2.59 bits per heavy atom. The molecule has 2 N–H and O–H groups in total. The third-order valence-electron chi connectivity index (χ3n) is 4.75. The molecule has 0 bridgehead atoms. The molecule has 1 heterocycles. The number of nitrogens with one attached hydrogen (secondary N) is 1. The van der Waals surface area contributed by atoms with Crippen molar-refractivity contribution in [2.45, 2.75) is 18.4 Å². The van der Waals surface area contributed by atoms with Crippen molar-refractivity contribution in [3.8, 4) is 16.9 Å². The summed E-state index contributed by atoms with van der Waals surface area (Å²) in [6.07, 6.45) is 1.21. The van der Waals surface area contributed by atoms with Crippen LogP contribution in [0, 0.1) is 5.82 Å². The monoisotopic (exact) mass is 413 g/mol. The summed E-state index contributed by atoms with van der Waals surface area (Å²) in [6.45, 7) is 0.0594. The minimum Gasteiger partial charge on any atom is -0.388 e. The first-order valence-corrected chi connectivity index (χ1v) is 9.39. The first kappa shape index (κ1) is 19.3. The first-order chi connectivity index (χ1) is 13.8. The standard InChI is InChI=1S/C21H17ClFN3O3/c22-14-6-4-13(5-7-14)18-11-17(19(27)24-12-21(29)8-9-21)20(28)26(25-18)16-3-1-2-15(23)10-16/h1-7,10-11,29H,8-9,12H2,(H,24,27). The van der Waals surface area contributed by atoms with Crippen LogP contribution < -0.4 is 10.9 Å². The van der Waals surface area contributed by atoms with Crippen molar-refractivity contribution >= 4 is 17.5 Å². The van der Waals surface area contributed by atoms with Gasteiger partial charge in [0.05, 0.1) is 17.0 Å². The van der Waals surface area contributed by atoms with Crippen molar-refractivity contribution in [2.75, 3.05) is 6.54 Å². The number of aliphatic hydroxyl groups is 1.